The van der Waals surface area contributed by atoms with E-state index in [0.29, 0.717) is 35.1 Å². The largest absolute Gasteiger partial charge is 0.507 e. The molecule has 0 amide bonds. The third-order valence-electron chi connectivity index (χ3n) is 3.85. The zero-order valence-corrected chi connectivity index (χ0v) is 17.2. The van der Waals surface area contributed by atoms with Crippen LogP contribution in [0.1, 0.15) is 45.7 Å². The minimum atomic E-state index is -0.131. The maximum Gasteiger partial charge on any atom is 0.163 e. The number of alkyl halides is 2. The number of hydrogen-bond acceptors (Lipinski definition) is 4. The van der Waals surface area contributed by atoms with Gasteiger partial charge in [-0.05, 0) is 62.1 Å². The van der Waals surface area contributed by atoms with Gasteiger partial charge in [0.25, 0.3) is 0 Å². The zero-order valence-electron chi connectivity index (χ0n) is 15.7. The Morgan fingerprint density at radius 2 is 1.37 bits per heavy atom. The first-order valence-electron chi connectivity index (χ1n) is 8.46. The Bertz CT molecular complexity index is 788. The van der Waals surface area contributed by atoms with Crippen molar-refractivity contribution in [1.29, 1.82) is 0 Å². The fraction of sp³-hybridized carbons (Fsp3) is 0.333. The van der Waals surface area contributed by atoms with Crippen molar-refractivity contribution in [2.75, 3.05) is 18.9 Å². The van der Waals surface area contributed by atoms with Gasteiger partial charge in [-0.3, -0.25) is 9.59 Å². The summed E-state index contributed by atoms with van der Waals surface area (Å²) < 4.78 is 5.09. The molecule has 0 aliphatic carbocycles. The molecule has 6 heteroatoms. The van der Waals surface area contributed by atoms with Crippen LogP contribution in [-0.4, -0.2) is 35.5 Å². The Balaban J connectivity index is 0.000000271. The summed E-state index contributed by atoms with van der Waals surface area (Å²) in [5.74, 6) is 1.61. The van der Waals surface area contributed by atoms with E-state index in [0.717, 1.165) is 17.5 Å². The number of carbonyl (C=O) groups is 2. The SMILES string of the molecule is CC(=O)c1cc(CCCl)ccc1O.COc1ccc(CCCl)cc1C(C)=O. The molecule has 0 aliphatic rings. The van der Waals surface area contributed by atoms with Crippen LogP contribution >= 0.6 is 23.2 Å². The van der Waals surface area contributed by atoms with Crippen molar-refractivity contribution >= 4 is 34.8 Å². The number of ether oxygens (including phenoxy) is 1. The van der Waals surface area contributed by atoms with Crippen LogP contribution in [0, 0.1) is 0 Å². The highest BCUT2D eigenvalue weighted by molar-refractivity contribution is 6.18. The monoisotopic (exact) mass is 410 g/mol. The van der Waals surface area contributed by atoms with Gasteiger partial charge in [0.15, 0.2) is 11.6 Å². The number of phenols is 1. The highest BCUT2D eigenvalue weighted by Crippen LogP contribution is 2.21. The van der Waals surface area contributed by atoms with Crippen molar-refractivity contribution in [2.45, 2.75) is 26.7 Å². The van der Waals surface area contributed by atoms with Gasteiger partial charge in [0.1, 0.15) is 11.5 Å². The Morgan fingerprint density at radius 1 is 0.889 bits per heavy atom. The van der Waals surface area contributed by atoms with Crippen LogP contribution in [0.5, 0.6) is 11.5 Å². The number of halogens is 2. The van der Waals surface area contributed by atoms with E-state index in [-0.39, 0.29) is 17.3 Å². The van der Waals surface area contributed by atoms with Crippen molar-refractivity contribution < 1.29 is 19.4 Å². The number of phenolic OH excluding ortho intramolecular Hbond substituents is 1. The number of methoxy groups -OCH3 is 1. The Kier molecular flexibility index (Phi) is 9.90. The average Bonchev–Trinajstić information content (AvgIpc) is 2.64. The second-order valence-electron chi connectivity index (χ2n) is 5.88. The van der Waals surface area contributed by atoms with Crippen molar-refractivity contribution in [2.24, 2.45) is 0 Å². The van der Waals surface area contributed by atoms with Crippen molar-refractivity contribution in [3.63, 3.8) is 0 Å². The van der Waals surface area contributed by atoms with Gasteiger partial charge in [-0.15, -0.1) is 23.2 Å². The van der Waals surface area contributed by atoms with Gasteiger partial charge in [0.2, 0.25) is 0 Å². The molecule has 0 heterocycles. The van der Waals surface area contributed by atoms with Gasteiger partial charge in [-0.1, -0.05) is 12.1 Å². The lowest BCUT2D eigenvalue weighted by Crippen LogP contribution is -1.99. The number of aromatic hydroxyl groups is 1. The minimum Gasteiger partial charge on any atom is -0.507 e. The van der Waals surface area contributed by atoms with E-state index < -0.39 is 0 Å². The molecule has 0 saturated carbocycles. The number of carbonyl (C=O) groups excluding carboxylic acids is 2. The van der Waals surface area contributed by atoms with E-state index in [1.54, 1.807) is 25.3 Å². The first-order chi connectivity index (χ1) is 12.8. The molecular weight excluding hydrogens is 387 g/mol. The second kappa shape index (κ2) is 11.6. The standard InChI is InChI=1S/C11H13ClO2.C10H11ClO2/c1-8(13)10-7-9(5-6-12)3-4-11(10)14-2;1-7(12)9-6-8(4-5-11)2-3-10(9)13/h3-4,7H,5-6H2,1-2H3;2-3,6,13H,4-5H2,1H3. The van der Waals surface area contributed by atoms with Crippen molar-refractivity contribution in [1.82, 2.24) is 0 Å². The maximum atomic E-state index is 11.3. The molecule has 0 spiro atoms. The van der Waals surface area contributed by atoms with Crippen LogP contribution in [-0.2, 0) is 12.8 Å². The fourth-order valence-corrected chi connectivity index (χ4v) is 2.86. The van der Waals surface area contributed by atoms with Gasteiger partial charge in [-0.2, -0.15) is 0 Å². The molecule has 2 aromatic rings. The predicted molar refractivity (Wildman–Crippen MR) is 110 cm³/mol. The third kappa shape index (κ3) is 7.24. The molecule has 0 aromatic heterocycles. The lowest BCUT2D eigenvalue weighted by atomic mass is 10.1. The number of benzene rings is 2. The molecule has 0 bridgehead atoms. The Hall–Kier alpha value is -2.04. The lowest BCUT2D eigenvalue weighted by molar-refractivity contribution is 0.100. The van der Waals surface area contributed by atoms with E-state index in [1.165, 1.54) is 19.9 Å². The maximum absolute atomic E-state index is 11.3. The highest BCUT2D eigenvalue weighted by Gasteiger charge is 2.08. The summed E-state index contributed by atoms with van der Waals surface area (Å²) in [6.45, 7) is 2.96. The summed E-state index contributed by atoms with van der Waals surface area (Å²) >= 11 is 11.2. The minimum absolute atomic E-state index is 0.0123. The molecule has 1 N–H and O–H groups in total. The van der Waals surface area contributed by atoms with Crippen LogP contribution in [0.4, 0.5) is 0 Å². The highest BCUT2D eigenvalue weighted by atomic mass is 35.5. The molecule has 0 atom stereocenters. The van der Waals surface area contributed by atoms with E-state index in [1.807, 2.05) is 12.1 Å². The first-order valence-corrected chi connectivity index (χ1v) is 9.53. The quantitative estimate of drug-likeness (QED) is 0.511. The molecule has 0 saturated heterocycles. The average molecular weight is 411 g/mol. The van der Waals surface area contributed by atoms with Gasteiger partial charge in [0, 0.05) is 11.8 Å². The summed E-state index contributed by atoms with van der Waals surface area (Å²) in [5, 5.41) is 9.32. The summed E-state index contributed by atoms with van der Waals surface area (Å²) in [5.41, 5.74) is 3.02. The molecule has 0 fully saturated rings. The first kappa shape index (κ1) is 23.0. The molecule has 0 unspecified atom stereocenters. The number of hydrogen-bond donors (Lipinski definition) is 1. The number of aryl methyl sites for hydroxylation is 2. The van der Waals surface area contributed by atoms with E-state index in [2.05, 4.69) is 0 Å². The van der Waals surface area contributed by atoms with Gasteiger partial charge >= 0.3 is 0 Å². The van der Waals surface area contributed by atoms with Crippen LogP contribution < -0.4 is 4.74 Å². The number of Topliss-reactive ketones (excluding diaryl/α,β-unsaturated/α-hetero) is 2. The molecule has 2 rings (SSSR count). The van der Waals surface area contributed by atoms with Crippen LogP contribution in [0.15, 0.2) is 36.4 Å². The summed E-state index contributed by atoms with van der Waals surface area (Å²) in [6, 6.07) is 10.5. The van der Waals surface area contributed by atoms with Crippen LogP contribution in [0.2, 0.25) is 0 Å². The molecule has 0 aliphatic heterocycles. The molecule has 0 radical (unpaired) electrons. The van der Waals surface area contributed by atoms with Crippen LogP contribution in [0.25, 0.3) is 0 Å². The molecule has 27 heavy (non-hydrogen) atoms. The third-order valence-corrected chi connectivity index (χ3v) is 4.23. The molecular formula is C21H24Cl2O4. The summed E-state index contributed by atoms with van der Waals surface area (Å²) in [6.07, 6.45) is 1.48. The second-order valence-corrected chi connectivity index (χ2v) is 6.63. The topological polar surface area (TPSA) is 63.6 Å². The number of ketones is 2. The summed E-state index contributed by atoms with van der Waals surface area (Å²) in [4.78, 5) is 22.3. The molecule has 146 valence electrons. The van der Waals surface area contributed by atoms with Crippen molar-refractivity contribution in [3.05, 3.63) is 58.7 Å². The summed E-state index contributed by atoms with van der Waals surface area (Å²) in [7, 11) is 1.56. The Morgan fingerprint density at radius 3 is 1.81 bits per heavy atom. The lowest BCUT2D eigenvalue weighted by Gasteiger charge is -2.07. The van der Waals surface area contributed by atoms with Gasteiger partial charge in [0.05, 0.1) is 18.2 Å². The zero-order chi connectivity index (χ0) is 20.4. The number of rotatable bonds is 7. The van der Waals surface area contributed by atoms with Gasteiger partial charge in [-0.25, -0.2) is 0 Å². The van der Waals surface area contributed by atoms with E-state index in [9.17, 15) is 14.7 Å². The molecule has 2 aromatic carbocycles. The van der Waals surface area contributed by atoms with Gasteiger partial charge < -0.3 is 9.84 Å². The van der Waals surface area contributed by atoms with Crippen LogP contribution in [0.3, 0.4) is 0 Å². The Labute approximate surface area is 170 Å². The predicted octanol–water partition coefficient (Wildman–Crippen LogP) is 5.06. The van der Waals surface area contributed by atoms with E-state index in [4.69, 9.17) is 27.9 Å². The fourth-order valence-electron chi connectivity index (χ4n) is 2.42. The normalized spacial score (nSPS) is 9.96. The molecule has 4 nitrogen and oxygen atoms in total. The van der Waals surface area contributed by atoms with Crippen molar-refractivity contribution in [3.8, 4) is 11.5 Å². The van der Waals surface area contributed by atoms with E-state index >= 15 is 0 Å². The smallest absolute Gasteiger partial charge is 0.163 e.